The summed E-state index contributed by atoms with van der Waals surface area (Å²) in [5.74, 6) is 0.981. The largest absolute Gasteiger partial charge is 0.355 e. The first kappa shape index (κ1) is 13.2. The summed E-state index contributed by atoms with van der Waals surface area (Å²) in [7, 11) is -2.95. The highest BCUT2D eigenvalue weighted by Gasteiger charge is 2.43. The summed E-state index contributed by atoms with van der Waals surface area (Å²) in [5.41, 5.74) is 0.0990. The lowest BCUT2D eigenvalue weighted by Crippen LogP contribution is -2.35. The predicted molar refractivity (Wildman–Crippen MR) is 70.0 cm³/mol. The van der Waals surface area contributed by atoms with Gasteiger partial charge in [0.25, 0.3) is 0 Å². The van der Waals surface area contributed by atoms with E-state index in [2.05, 4.69) is 17.9 Å². The molecular weight excluding hydrogens is 258 g/mol. The highest BCUT2D eigenvalue weighted by atomic mass is 32.2. The van der Waals surface area contributed by atoms with Crippen LogP contribution in [0.2, 0.25) is 0 Å². The fourth-order valence-electron chi connectivity index (χ4n) is 2.29. The molecule has 0 bridgehead atoms. The molecule has 1 aliphatic carbocycles. The van der Waals surface area contributed by atoms with Crippen molar-refractivity contribution in [3.63, 3.8) is 0 Å². The second-order valence-electron chi connectivity index (χ2n) is 5.27. The number of sulfone groups is 1. The number of carbonyl (C=O) groups excluding carboxylic acids is 1. The summed E-state index contributed by atoms with van der Waals surface area (Å²) < 4.78 is 23.1. The molecular formula is C11H19NO3S2. The quantitative estimate of drug-likeness (QED) is 0.730. The van der Waals surface area contributed by atoms with Crippen LogP contribution in [-0.4, -0.2) is 37.6 Å². The molecule has 1 saturated carbocycles. The smallest absolute Gasteiger partial charge is 0.220 e. The van der Waals surface area contributed by atoms with Gasteiger partial charge in [-0.3, -0.25) is 4.79 Å². The van der Waals surface area contributed by atoms with Crippen molar-refractivity contribution in [1.29, 1.82) is 0 Å². The summed E-state index contributed by atoms with van der Waals surface area (Å²) in [6.07, 6.45) is 4.02. The summed E-state index contributed by atoms with van der Waals surface area (Å²) >= 11 is 4.25. The number of thiol groups is 1. The molecule has 98 valence electrons. The molecule has 1 heterocycles. The number of hydrogen-bond donors (Lipinski definition) is 2. The van der Waals surface area contributed by atoms with E-state index in [1.165, 1.54) is 0 Å². The van der Waals surface area contributed by atoms with Gasteiger partial charge in [-0.25, -0.2) is 8.42 Å². The molecule has 6 heteroatoms. The van der Waals surface area contributed by atoms with E-state index in [1.807, 2.05) is 0 Å². The Balaban J connectivity index is 1.77. The van der Waals surface area contributed by atoms with Crippen molar-refractivity contribution in [1.82, 2.24) is 5.32 Å². The zero-order valence-corrected chi connectivity index (χ0v) is 11.5. The molecule has 0 aromatic rings. The first-order valence-corrected chi connectivity index (χ1v) is 8.41. The Morgan fingerprint density at radius 2 is 2.12 bits per heavy atom. The third kappa shape index (κ3) is 3.16. The van der Waals surface area contributed by atoms with E-state index in [1.54, 1.807) is 0 Å². The zero-order chi connectivity index (χ0) is 12.5. The van der Waals surface area contributed by atoms with E-state index in [9.17, 15) is 13.2 Å². The van der Waals surface area contributed by atoms with Gasteiger partial charge in [-0.15, -0.1) is 0 Å². The number of carbonyl (C=O) groups is 1. The monoisotopic (exact) mass is 277 g/mol. The summed E-state index contributed by atoms with van der Waals surface area (Å²) in [5, 5.41) is 2.40. The van der Waals surface area contributed by atoms with Crippen LogP contribution in [0.25, 0.3) is 0 Å². The van der Waals surface area contributed by atoms with Gasteiger partial charge in [0.15, 0.2) is 9.84 Å². The molecule has 1 unspecified atom stereocenters. The van der Waals surface area contributed by atoms with Crippen LogP contribution >= 0.6 is 12.6 Å². The Morgan fingerprint density at radius 1 is 1.41 bits per heavy atom. The molecule has 1 saturated heterocycles. The van der Waals surface area contributed by atoms with E-state index in [-0.39, 0.29) is 28.9 Å². The number of hydrogen-bond acceptors (Lipinski definition) is 4. The SMILES string of the molecule is O=C(CC1(CS)CC1)NCC1CCCS1(=O)=O. The Labute approximate surface area is 108 Å². The standard InChI is InChI=1S/C11H19NO3S2/c13-10(6-11(8-16)3-4-11)12-7-9-2-1-5-17(9,14)15/h9,16H,1-8H2,(H,12,13). The van der Waals surface area contributed by atoms with Crippen molar-refractivity contribution in [2.45, 2.75) is 37.4 Å². The van der Waals surface area contributed by atoms with Gasteiger partial charge < -0.3 is 5.32 Å². The molecule has 0 aromatic carbocycles. The molecule has 1 amide bonds. The second-order valence-corrected chi connectivity index (χ2v) is 7.99. The first-order valence-electron chi connectivity index (χ1n) is 6.07. The maximum atomic E-state index is 11.7. The Morgan fingerprint density at radius 3 is 2.59 bits per heavy atom. The molecule has 0 radical (unpaired) electrons. The fourth-order valence-corrected chi connectivity index (χ4v) is 4.48. The van der Waals surface area contributed by atoms with Crippen LogP contribution in [0.3, 0.4) is 0 Å². The van der Waals surface area contributed by atoms with Crippen LogP contribution in [0.4, 0.5) is 0 Å². The average Bonchev–Trinajstić information content (AvgIpc) is 2.95. The molecule has 0 spiro atoms. The van der Waals surface area contributed by atoms with Gasteiger partial charge in [-0.2, -0.15) is 12.6 Å². The van der Waals surface area contributed by atoms with E-state index < -0.39 is 9.84 Å². The minimum absolute atomic E-state index is 0.0290. The molecule has 1 atom stereocenters. The van der Waals surface area contributed by atoms with E-state index in [0.717, 1.165) is 25.0 Å². The summed E-state index contributed by atoms with van der Waals surface area (Å²) in [6, 6.07) is 0. The minimum atomic E-state index is -2.95. The molecule has 0 aromatic heterocycles. The van der Waals surface area contributed by atoms with Gasteiger partial charge >= 0.3 is 0 Å². The molecule has 17 heavy (non-hydrogen) atoms. The number of nitrogens with one attached hydrogen (secondary N) is 1. The summed E-state index contributed by atoms with van der Waals surface area (Å²) in [4.78, 5) is 11.7. The molecule has 4 nitrogen and oxygen atoms in total. The Hall–Kier alpha value is -0.230. The topological polar surface area (TPSA) is 63.2 Å². The van der Waals surface area contributed by atoms with Gasteiger partial charge in [0.1, 0.15) is 0 Å². The fraction of sp³-hybridized carbons (Fsp3) is 0.909. The van der Waals surface area contributed by atoms with Crippen LogP contribution in [0.5, 0.6) is 0 Å². The third-order valence-corrected chi connectivity index (χ3v) is 6.76. The van der Waals surface area contributed by atoms with Gasteiger partial charge in [-0.05, 0) is 36.9 Å². The average molecular weight is 277 g/mol. The van der Waals surface area contributed by atoms with Crippen molar-refractivity contribution in [3.8, 4) is 0 Å². The maximum absolute atomic E-state index is 11.7. The third-order valence-electron chi connectivity index (χ3n) is 3.82. The van der Waals surface area contributed by atoms with Crippen LogP contribution in [0.1, 0.15) is 32.1 Å². The zero-order valence-electron chi connectivity index (χ0n) is 9.81. The molecule has 1 N–H and O–H groups in total. The first-order chi connectivity index (χ1) is 7.97. The Kier molecular flexibility index (Phi) is 3.73. The van der Waals surface area contributed by atoms with E-state index in [0.29, 0.717) is 12.8 Å². The lowest BCUT2D eigenvalue weighted by molar-refractivity contribution is -0.122. The van der Waals surface area contributed by atoms with E-state index in [4.69, 9.17) is 0 Å². The summed E-state index contributed by atoms with van der Waals surface area (Å²) in [6.45, 7) is 0.282. The highest BCUT2D eigenvalue weighted by Crippen LogP contribution is 2.49. The highest BCUT2D eigenvalue weighted by molar-refractivity contribution is 7.92. The van der Waals surface area contributed by atoms with Gasteiger partial charge in [-0.1, -0.05) is 0 Å². The van der Waals surface area contributed by atoms with Crippen molar-refractivity contribution in [3.05, 3.63) is 0 Å². The van der Waals surface area contributed by atoms with Crippen LogP contribution < -0.4 is 5.32 Å². The lowest BCUT2D eigenvalue weighted by Gasteiger charge is -2.14. The van der Waals surface area contributed by atoms with Crippen LogP contribution in [-0.2, 0) is 14.6 Å². The van der Waals surface area contributed by atoms with Crippen LogP contribution in [0, 0.1) is 5.41 Å². The normalized spacial score (nSPS) is 28.9. The lowest BCUT2D eigenvalue weighted by atomic mass is 10.1. The number of amides is 1. The van der Waals surface area contributed by atoms with Gasteiger partial charge in [0.2, 0.25) is 5.91 Å². The van der Waals surface area contributed by atoms with Gasteiger partial charge in [0, 0.05) is 13.0 Å². The molecule has 2 fully saturated rings. The Bertz CT molecular complexity index is 401. The maximum Gasteiger partial charge on any atom is 0.220 e. The minimum Gasteiger partial charge on any atom is -0.355 e. The van der Waals surface area contributed by atoms with Gasteiger partial charge in [0.05, 0.1) is 11.0 Å². The molecule has 2 rings (SSSR count). The van der Waals surface area contributed by atoms with Crippen LogP contribution in [0.15, 0.2) is 0 Å². The predicted octanol–water partition coefficient (Wildman–Crippen LogP) is 0.780. The van der Waals surface area contributed by atoms with Crippen molar-refractivity contribution >= 4 is 28.4 Å². The molecule has 2 aliphatic rings. The van der Waals surface area contributed by atoms with Crippen molar-refractivity contribution in [2.24, 2.45) is 5.41 Å². The number of rotatable bonds is 5. The van der Waals surface area contributed by atoms with Crippen molar-refractivity contribution in [2.75, 3.05) is 18.1 Å². The second kappa shape index (κ2) is 4.80. The van der Waals surface area contributed by atoms with E-state index >= 15 is 0 Å². The van der Waals surface area contributed by atoms with Crippen molar-refractivity contribution < 1.29 is 13.2 Å². The molecule has 1 aliphatic heterocycles.